The molecule has 0 aliphatic carbocycles. The van der Waals surface area contributed by atoms with E-state index in [9.17, 15) is 4.79 Å². The summed E-state index contributed by atoms with van der Waals surface area (Å²) in [4.78, 5) is 12.4. The number of rotatable bonds is 4. The highest BCUT2D eigenvalue weighted by molar-refractivity contribution is 9.10. The first-order valence-corrected chi connectivity index (χ1v) is 5.02. The molecule has 1 aromatic rings. The van der Waals surface area contributed by atoms with Gasteiger partial charge in [-0.25, -0.2) is 4.79 Å². The number of carboxylic acid groups (broad SMARTS) is 1. The number of anilines is 1. The fraction of sp³-hybridized carbons (Fsp3) is 0.300. The van der Waals surface area contributed by atoms with Crippen LogP contribution in [-0.4, -0.2) is 24.7 Å². The Balaban J connectivity index is 2.85. The van der Waals surface area contributed by atoms with Gasteiger partial charge in [0.25, 0.3) is 0 Å². The summed E-state index contributed by atoms with van der Waals surface area (Å²) in [6.07, 6.45) is 5.71. The molecule has 0 atom stereocenters. The van der Waals surface area contributed by atoms with E-state index in [1.165, 1.54) is 6.07 Å². The molecule has 0 radical (unpaired) electrons. The van der Waals surface area contributed by atoms with E-state index in [2.05, 4.69) is 21.9 Å². The second kappa shape index (κ2) is 4.89. The van der Waals surface area contributed by atoms with Gasteiger partial charge >= 0.3 is 5.97 Å². The Bertz CT molecular complexity index is 405. The van der Waals surface area contributed by atoms with Crippen LogP contribution < -0.4 is 4.90 Å². The van der Waals surface area contributed by atoms with E-state index in [1.54, 1.807) is 11.9 Å². The maximum atomic E-state index is 10.6. The number of aromatic carboxylic acids is 1. The first-order valence-electron chi connectivity index (χ1n) is 4.23. The lowest BCUT2D eigenvalue weighted by molar-refractivity contribution is 0.0663. The quantitative estimate of drug-likeness (QED) is 0.854. The molecule has 5 heteroatoms. The molecule has 4 nitrogen and oxygen atoms in total. The van der Waals surface area contributed by atoms with Gasteiger partial charge in [-0.15, -0.1) is 12.3 Å². The molecule has 0 unspecified atom stereocenters. The van der Waals surface area contributed by atoms with Gasteiger partial charge in [-0.3, -0.25) is 0 Å². The van der Waals surface area contributed by atoms with Crippen molar-refractivity contribution in [2.45, 2.75) is 6.42 Å². The molecule has 1 N–H and O–H groups in total. The van der Waals surface area contributed by atoms with Crippen molar-refractivity contribution in [2.24, 2.45) is 0 Å². The molecular formula is C10H10BrNO3. The highest BCUT2D eigenvalue weighted by atomic mass is 79.9. The van der Waals surface area contributed by atoms with E-state index >= 15 is 0 Å². The zero-order valence-electron chi connectivity index (χ0n) is 8.16. The van der Waals surface area contributed by atoms with Crippen LogP contribution in [0.2, 0.25) is 0 Å². The predicted molar refractivity (Wildman–Crippen MR) is 60.1 cm³/mol. The lowest BCUT2D eigenvalue weighted by atomic mass is 10.4. The molecule has 0 bridgehead atoms. The lowest BCUT2D eigenvalue weighted by Crippen LogP contribution is -2.17. The van der Waals surface area contributed by atoms with Gasteiger partial charge in [0, 0.05) is 26.1 Å². The summed E-state index contributed by atoms with van der Waals surface area (Å²) in [6.45, 7) is 0.613. The molecule has 1 rings (SSSR count). The van der Waals surface area contributed by atoms with E-state index < -0.39 is 5.97 Å². The van der Waals surface area contributed by atoms with Crippen molar-refractivity contribution in [3.05, 3.63) is 16.3 Å². The number of carboxylic acids is 1. The number of hydrogen-bond acceptors (Lipinski definition) is 3. The number of carbonyl (C=O) groups is 1. The van der Waals surface area contributed by atoms with Gasteiger partial charge in [0.15, 0.2) is 0 Å². The Morgan fingerprint density at radius 3 is 2.93 bits per heavy atom. The van der Waals surface area contributed by atoms with Gasteiger partial charge in [0.1, 0.15) is 0 Å². The van der Waals surface area contributed by atoms with Crippen LogP contribution in [0.15, 0.2) is 15.0 Å². The van der Waals surface area contributed by atoms with E-state index in [0.29, 0.717) is 23.3 Å². The van der Waals surface area contributed by atoms with Gasteiger partial charge in [0.05, 0.1) is 4.47 Å². The fourth-order valence-corrected chi connectivity index (χ4v) is 1.65. The van der Waals surface area contributed by atoms with Crippen LogP contribution in [0, 0.1) is 12.3 Å². The van der Waals surface area contributed by atoms with Crippen LogP contribution >= 0.6 is 15.9 Å². The lowest BCUT2D eigenvalue weighted by Gasteiger charge is -2.14. The third-order valence-electron chi connectivity index (χ3n) is 1.82. The Morgan fingerprint density at radius 2 is 2.47 bits per heavy atom. The van der Waals surface area contributed by atoms with Crippen LogP contribution in [0.25, 0.3) is 0 Å². The van der Waals surface area contributed by atoms with Crippen LogP contribution in [0.5, 0.6) is 0 Å². The molecule has 80 valence electrons. The Hall–Kier alpha value is -1.41. The van der Waals surface area contributed by atoms with E-state index in [0.717, 1.165) is 0 Å². The third kappa shape index (κ3) is 2.77. The molecule has 0 saturated carbocycles. The summed E-state index contributed by atoms with van der Waals surface area (Å²) in [5.41, 5.74) is 0. The molecular weight excluding hydrogens is 262 g/mol. The summed E-state index contributed by atoms with van der Waals surface area (Å²) in [5.74, 6) is 1.79. The van der Waals surface area contributed by atoms with Crippen LogP contribution in [0.1, 0.15) is 17.0 Å². The first kappa shape index (κ1) is 11.7. The third-order valence-corrected chi connectivity index (χ3v) is 2.39. The second-order valence-corrected chi connectivity index (χ2v) is 3.80. The van der Waals surface area contributed by atoms with Crippen molar-refractivity contribution in [1.82, 2.24) is 0 Å². The molecule has 0 fully saturated rings. The summed E-state index contributed by atoms with van der Waals surface area (Å²) in [5, 5.41) is 8.72. The minimum atomic E-state index is -1.09. The van der Waals surface area contributed by atoms with Gasteiger partial charge < -0.3 is 14.4 Å². The highest BCUT2D eigenvalue weighted by Gasteiger charge is 2.16. The topological polar surface area (TPSA) is 53.7 Å². The van der Waals surface area contributed by atoms with Crippen LogP contribution in [0.4, 0.5) is 5.88 Å². The van der Waals surface area contributed by atoms with Gasteiger partial charge in [-0.05, 0) is 15.9 Å². The van der Waals surface area contributed by atoms with E-state index in [-0.39, 0.29) is 5.76 Å². The highest BCUT2D eigenvalue weighted by Crippen LogP contribution is 2.29. The standard InChI is InChI=1S/C10H10BrNO3/c1-3-4-5-12(2)9-7(11)6-8(15-9)10(13)14/h1,6H,4-5H2,2H3,(H,13,14). The molecule has 1 heterocycles. The van der Waals surface area contributed by atoms with Crippen molar-refractivity contribution >= 4 is 27.8 Å². The number of terminal acetylenes is 1. The molecule has 0 saturated heterocycles. The first-order chi connectivity index (χ1) is 7.06. The molecule has 0 amide bonds. The SMILES string of the molecule is C#CCCN(C)c1oc(C(=O)O)cc1Br. The molecule has 0 aromatic carbocycles. The van der Waals surface area contributed by atoms with Crippen molar-refractivity contribution in [3.63, 3.8) is 0 Å². The Morgan fingerprint density at radius 1 is 1.80 bits per heavy atom. The van der Waals surface area contributed by atoms with E-state index in [4.69, 9.17) is 15.9 Å². The van der Waals surface area contributed by atoms with Gasteiger partial charge in [-0.1, -0.05) is 0 Å². The van der Waals surface area contributed by atoms with Crippen LogP contribution in [0.3, 0.4) is 0 Å². The molecule has 0 aliphatic heterocycles. The maximum Gasteiger partial charge on any atom is 0.371 e. The average molecular weight is 272 g/mol. The zero-order valence-corrected chi connectivity index (χ0v) is 9.74. The maximum absolute atomic E-state index is 10.6. The summed E-state index contributed by atoms with van der Waals surface area (Å²) in [6, 6.07) is 1.42. The molecule has 15 heavy (non-hydrogen) atoms. The summed E-state index contributed by atoms with van der Waals surface area (Å²) >= 11 is 3.23. The monoisotopic (exact) mass is 271 g/mol. The summed E-state index contributed by atoms with van der Waals surface area (Å²) in [7, 11) is 1.78. The smallest absolute Gasteiger partial charge is 0.371 e. The average Bonchev–Trinajstić information content (AvgIpc) is 2.57. The van der Waals surface area contributed by atoms with Gasteiger partial charge in [0.2, 0.25) is 11.6 Å². The van der Waals surface area contributed by atoms with Gasteiger partial charge in [-0.2, -0.15) is 0 Å². The van der Waals surface area contributed by atoms with Crippen molar-refractivity contribution < 1.29 is 14.3 Å². The molecule has 1 aromatic heterocycles. The largest absolute Gasteiger partial charge is 0.475 e. The van der Waals surface area contributed by atoms with Crippen LogP contribution in [-0.2, 0) is 0 Å². The molecule has 0 spiro atoms. The van der Waals surface area contributed by atoms with Crippen molar-refractivity contribution in [1.29, 1.82) is 0 Å². The fourth-order valence-electron chi connectivity index (χ4n) is 1.06. The van der Waals surface area contributed by atoms with Crippen molar-refractivity contribution in [3.8, 4) is 12.3 Å². The van der Waals surface area contributed by atoms with E-state index in [1.807, 2.05) is 0 Å². The number of nitrogens with zero attached hydrogens (tertiary/aromatic N) is 1. The second-order valence-electron chi connectivity index (χ2n) is 2.94. The molecule has 0 aliphatic rings. The minimum absolute atomic E-state index is 0.0931. The zero-order chi connectivity index (χ0) is 11.4. The predicted octanol–water partition coefficient (Wildman–Crippen LogP) is 2.20. The minimum Gasteiger partial charge on any atom is -0.475 e. The normalized spacial score (nSPS) is 9.67. The number of halogens is 1. The Labute approximate surface area is 96.0 Å². The number of hydrogen-bond donors (Lipinski definition) is 1. The Kier molecular flexibility index (Phi) is 3.81. The number of furan rings is 1. The van der Waals surface area contributed by atoms with Crippen molar-refractivity contribution in [2.75, 3.05) is 18.5 Å². The summed E-state index contributed by atoms with van der Waals surface area (Å²) < 4.78 is 5.76.